The van der Waals surface area contributed by atoms with Gasteiger partial charge in [0.1, 0.15) is 5.82 Å². The van der Waals surface area contributed by atoms with Crippen LogP contribution in [0.2, 0.25) is 0 Å². The van der Waals surface area contributed by atoms with Gasteiger partial charge in [0.15, 0.2) is 6.29 Å². The molecule has 0 unspecified atom stereocenters. The molecular weight excluding hydrogens is 273 g/mol. The van der Waals surface area contributed by atoms with E-state index in [2.05, 4.69) is 10.2 Å². The molecule has 1 rings (SSSR count). The summed E-state index contributed by atoms with van der Waals surface area (Å²) in [7, 11) is 0. The van der Waals surface area contributed by atoms with Crippen LogP contribution < -0.4 is 15.9 Å². The van der Waals surface area contributed by atoms with Gasteiger partial charge in [-0.15, -0.1) is 0 Å². The number of carbonyl (C=O) groups is 2. The molecule has 102 valence electrons. The molecule has 4 N–H and O–H groups in total. The average Bonchev–Trinajstić information content (AvgIpc) is 2.41. The van der Waals surface area contributed by atoms with Crippen LogP contribution in [0.25, 0.3) is 0 Å². The van der Waals surface area contributed by atoms with Crippen molar-refractivity contribution in [1.29, 1.82) is 0 Å². The van der Waals surface area contributed by atoms with Crippen LogP contribution in [0, 0.1) is 5.82 Å². The molecule has 1 aromatic carbocycles. The number of Topliss-reactive ketones (excluding diaryl/α,β-unsaturated/α-hetero) is 1. The van der Waals surface area contributed by atoms with Crippen LogP contribution in [-0.2, 0) is 22.7 Å². The summed E-state index contributed by atoms with van der Waals surface area (Å²) in [6.45, 7) is 0.533. The van der Waals surface area contributed by atoms with E-state index in [1.807, 2.05) is 0 Å². The molecule has 0 atom stereocenters. The highest BCUT2D eigenvalue weighted by Gasteiger charge is 2.04. The van der Waals surface area contributed by atoms with E-state index >= 15 is 0 Å². The Bertz CT molecular complexity index is 506. The number of carbonyl (C=O) groups excluding carboxylic acids is 2. The Morgan fingerprint density at radius 1 is 1.42 bits per heavy atom. The SMILES string of the molecule is N/C(=C\NCc1cc(CNCl)ccc1F)C(=O)C=O. The fourth-order valence-electron chi connectivity index (χ4n) is 1.36. The van der Waals surface area contributed by atoms with Gasteiger partial charge in [-0.2, -0.15) is 0 Å². The molecule has 0 radical (unpaired) electrons. The van der Waals surface area contributed by atoms with E-state index < -0.39 is 5.78 Å². The first kappa shape index (κ1) is 15.1. The summed E-state index contributed by atoms with van der Waals surface area (Å²) in [5.74, 6) is -1.22. The Morgan fingerprint density at radius 2 is 2.16 bits per heavy atom. The molecule has 0 aliphatic carbocycles. The van der Waals surface area contributed by atoms with Crippen molar-refractivity contribution in [3.8, 4) is 0 Å². The second-order valence-electron chi connectivity index (χ2n) is 3.70. The van der Waals surface area contributed by atoms with E-state index in [0.29, 0.717) is 12.1 Å². The van der Waals surface area contributed by atoms with Crippen LogP contribution in [0.1, 0.15) is 11.1 Å². The van der Waals surface area contributed by atoms with Crippen molar-refractivity contribution < 1.29 is 14.0 Å². The first-order chi connectivity index (χ1) is 9.08. The summed E-state index contributed by atoms with van der Waals surface area (Å²) in [6, 6.07) is 4.56. The number of allylic oxidation sites excluding steroid dienone is 1. The van der Waals surface area contributed by atoms with Crippen molar-refractivity contribution in [2.24, 2.45) is 5.73 Å². The maximum absolute atomic E-state index is 13.5. The highest BCUT2D eigenvalue weighted by Crippen LogP contribution is 2.10. The van der Waals surface area contributed by atoms with Crippen LogP contribution in [0.3, 0.4) is 0 Å². The molecule has 0 heterocycles. The van der Waals surface area contributed by atoms with Crippen molar-refractivity contribution in [2.45, 2.75) is 13.1 Å². The van der Waals surface area contributed by atoms with Crippen molar-refractivity contribution in [3.05, 3.63) is 47.0 Å². The largest absolute Gasteiger partial charge is 0.394 e. The molecule has 1 aromatic rings. The summed E-state index contributed by atoms with van der Waals surface area (Å²) in [5.41, 5.74) is 6.29. The van der Waals surface area contributed by atoms with Gasteiger partial charge in [-0.1, -0.05) is 6.07 Å². The van der Waals surface area contributed by atoms with Gasteiger partial charge in [-0.05, 0) is 29.5 Å². The van der Waals surface area contributed by atoms with Gasteiger partial charge in [0.05, 0.1) is 5.70 Å². The lowest BCUT2D eigenvalue weighted by atomic mass is 10.1. The average molecular weight is 286 g/mol. The fraction of sp³-hybridized carbons (Fsp3) is 0.167. The zero-order chi connectivity index (χ0) is 14.3. The van der Waals surface area contributed by atoms with Gasteiger partial charge >= 0.3 is 0 Å². The Kier molecular flexibility index (Phi) is 5.98. The van der Waals surface area contributed by atoms with Crippen LogP contribution in [0.15, 0.2) is 30.1 Å². The number of aldehydes is 1. The minimum atomic E-state index is -0.826. The van der Waals surface area contributed by atoms with Gasteiger partial charge in [-0.25, -0.2) is 9.23 Å². The lowest BCUT2D eigenvalue weighted by Gasteiger charge is -2.06. The third-order valence-corrected chi connectivity index (χ3v) is 2.46. The molecular formula is C12H13ClFN3O2. The molecule has 0 spiro atoms. The van der Waals surface area contributed by atoms with Gasteiger partial charge in [0.25, 0.3) is 0 Å². The van der Waals surface area contributed by atoms with Crippen molar-refractivity contribution >= 4 is 23.8 Å². The maximum Gasteiger partial charge on any atom is 0.242 e. The van der Waals surface area contributed by atoms with E-state index in [4.69, 9.17) is 17.5 Å². The third-order valence-electron chi connectivity index (χ3n) is 2.32. The monoisotopic (exact) mass is 285 g/mol. The minimum Gasteiger partial charge on any atom is -0.394 e. The molecule has 0 aromatic heterocycles. The van der Waals surface area contributed by atoms with E-state index in [1.165, 1.54) is 12.3 Å². The molecule has 5 nitrogen and oxygen atoms in total. The molecule has 0 saturated carbocycles. The molecule has 0 aliphatic rings. The normalized spacial score (nSPS) is 11.2. The predicted molar refractivity (Wildman–Crippen MR) is 69.3 cm³/mol. The second kappa shape index (κ2) is 7.50. The predicted octanol–water partition coefficient (Wildman–Crippen LogP) is 0.727. The van der Waals surface area contributed by atoms with Crippen LogP contribution in [0.4, 0.5) is 4.39 Å². The van der Waals surface area contributed by atoms with Gasteiger partial charge in [-0.3, -0.25) is 9.59 Å². The van der Waals surface area contributed by atoms with Gasteiger partial charge in [0.2, 0.25) is 5.78 Å². The molecule has 19 heavy (non-hydrogen) atoms. The number of benzene rings is 1. The standard InChI is InChI=1S/C12H13ClFN3O2/c13-17-4-8-1-2-10(14)9(3-8)5-16-6-11(15)12(19)7-18/h1-3,6-7,16-17H,4-5,15H2/b11-6-. The molecule has 0 aliphatic heterocycles. The Hall–Kier alpha value is -1.92. The fourth-order valence-corrected chi connectivity index (χ4v) is 1.52. The number of rotatable bonds is 7. The highest BCUT2D eigenvalue weighted by atomic mass is 35.5. The smallest absolute Gasteiger partial charge is 0.242 e. The summed E-state index contributed by atoms with van der Waals surface area (Å²) in [5, 5.41) is 2.67. The topological polar surface area (TPSA) is 84.2 Å². The van der Waals surface area contributed by atoms with Crippen LogP contribution in [-0.4, -0.2) is 12.1 Å². The summed E-state index contributed by atoms with van der Waals surface area (Å²) >= 11 is 5.37. The van der Waals surface area contributed by atoms with Crippen molar-refractivity contribution in [2.75, 3.05) is 0 Å². The molecule has 7 heteroatoms. The first-order valence-electron chi connectivity index (χ1n) is 5.37. The Morgan fingerprint density at radius 3 is 2.79 bits per heavy atom. The van der Waals surface area contributed by atoms with Gasteiger partial charge < -0.3 is 11.1 Å². The summed E-state index contributed by atoms with van der Waals surface area (Å²) < 4.78 is 13.5. The quantitative estimate of drug-likeness (QED) is 0.298. The summed E-state index contributed by atoms with van der Waals surface area (Å²) in [4.78, 5) is 23.5. The van der Waals surface area contributed by atoms with Crippen molar-refractivity contribution in [1.82, 2.24) is 10.2 Å². The van der Waals surface area contributed by atoms with E-state index in [0.717, 1.165) is 5.56 Å². The Labute approximate surface area is 114 Å². The third kappa shape index (κ3) is 4.69. The molecule has 0 saturated heterocycles. The van der Waals surface area contributed by atoms with Gasteiger partial charge in [0, 0.05) is 24.9 Å². The lowest BCUT2D eigenvalue weighted by Crippen LogP contribution is -2.17. The maximum atomic E-state index is 13.5. The number of halogens is 2. The zero-order valence-electron chi connectivity index (χ0n) is 9.95. The van der Waals surface area contributed by atoms with Crippen molar-refractivity contribution in [3.63, 3.8) is 0 Å². The van der Waals surface area contributed by atoms with E-state index in [-0.39, 0.29) is 24.3 Å². The number of hydrogen-bond acceptors (Lipinski definition) is 5. The molecule has 0 bridgehead atoms. The summed E-state index contributed by atoms with van der Waals surface area (Å²) in [6.07, 6.45) is 1.28. The van der Waals surface area contributed by atoms with Crippen LogP contribution >= 0.6 is 11.8 Å². The minimum absolute atomic E-state index is 0.112. The number of nitrogens with two attached hydrogens (primary N) is 1. The zero-order valence-corrected chi connectivity index (χ0v) is 10.7. The van der Waals surface area contributed by atoms with Crippen LogP contribution in [0.5, 0.6) is 0 Å². The molecule has 0 amide bonds. The number of hydrogen-bond donors (Lipinski definition) is 3. The first-order valence-corrected chi connectivity index (χ1v) is 5.75. The lowest BCUT2D eigenvalue weighted by molar-refractivity contribution is -0.127. The highest BCUT2D eigenvalue weighted by molar-refractivity contribution is 6.32. The van der Waals surface area contributed by atoms with E-state index in [1.54, 1.807) is 12.1 Å². The molecule has 0 fully saturated rings. The number of ketones is 1. The Balaban J connectivity index is 2.69. The number of nitrogens with one attached hydrogen (secondary N) is 2. The second-order valence-corrected chi connectivity index (χ2v) is 3.97. The van der Waals surface area contributed by atoms with E-state index in [9.17, 15) is 14.0 Å².